The van der Waals surface area contributed by atoms with Gasteiger partial charge in [0.25, 0.3) is 0 Å². The Kier molecular flexibility index (Phi) is 5.46. The van der Waals surface area contributed by atoms with Crippen LogP contribution in [0.3, 0.4) is 0 Å². The molecule has 3 aliphatic rings. The van der Waals surface area contributed by atoms with E-state index in [-0.39, 0.29) is 35.4 Å². The first kappa shape index (κ1) is 20.2. The Morgan fingerprint density at radius 3 is 2.45 bits per heavy atom. The Hall–Kier alpha value is -2.77. The molecule has 1 unspecified atom stereocenters. The van der Waals surface area contributed by atoms with Gasteiger partial charge in [-0.25, -0.2) is 4.39 Å². The van der Waals surface area contributed by atoms with Gasteiger partial charge in [-0.3, -0.25) is 9.59 Å². The van der Waals surface area contributed by atoms with Gasteiger partial charge in [-0.05, 0) is 50.7 Å². The van der Waals surface area contributed by atoms with Gasteiger partial charge < -0.3 is 14.3 Å². The highest BCUT2D eigenvalue weighted by atomic mass is 19.1. The van der Waals surface area contributed by atoms with Crippen LogP contribution in [0.15, 0.2) is 28.8 Å². The lowest BCUT2D eigenvalue weighted by molar-refractivity contribution is -0.142. The van der Waals surface area contributed by atoms with E-state index in [4.69, 9.17) is 4.52 Å². The second-order valence-corrected chi connectivity index (χ2v) is 8.96. The van der Waals surface area contributed by atoms with Crippen molar-refractivity contribution in [3.05, 3.63) is 36.0 Å². The number of rotatable bonds is 4. The lowest BCUT2D eigenvalue weighted by Gasteiger charge is -2.37. The number of likely N-dealkylation sites (tertiary alicyclic amines) is 2. The Balaban J connectivity index is 1.20. The maximum atomic E-state index is 13.5. The molecule has 164 valence electrons. The van der Waals surface area contributed by atoms with E-state index in [1.165, 1.54) is 12.1 Å². The molecule has 2 amide bonds. The molecule has 0 N–H and O–H groups in total. The molecule has 2 aliphatic heterocycles. The Morgan fingerprint density at radius 2 is 1.71 bits per heavy atom. The number of nitrogens with zero attached hydrogens (tertiary/aromatic N) is 4. The monoisotopic (exact) mass is 426 g/mol. The Bertz CT molecular complexity index is 965. The van der Waals surface area contributed by atoms with Crippen LogP contribution in [0.25, 0.3) is 11.4 Å². The maximum absolute atomic E-state index is 13.5. The van der Waals surface area contributed by atoms with E-state index >= 15 is 0 Å². The largest absolute Gasteiger partial charge is 0.342 e. The number of hydrogen-bond acceptors (Lipinski definition) is 5. The molecule has 1 aliphatic carbocycles. The molecule has 2 saturated heterocycles. The van der Waals surface area contributed by atoms with E-state index < -0.39 is 0 Å². The molecular weight excluding hydrogens is 399 g/mol. The second kappa shape index (κ2) is 8.40. The molecule has 1 saturated carbocycles. The van der Waals surface area contributed by atoms with E-state index in [9.17, 15) is 14.0 Å². The van der Waals surface area contributed by atoms with Crippen molar-refractivity contribution < 1.29 is 18.5 Å². The fourth-order valence-electron chi connectivity index (χ4n) is 4.72. The fraction of sp³-hybridized carbons (Fsp3) is 0.565. The number of piperidine rings is 2. The van der Waals surface area contributed by atoms with Crippen LogP contribution in [0.2, 0.25) is 0 Å². The van der Waals surface area contributed by atoms with Gasteiger partial charge in [-0.2, -0.15) is 4.98 Å². The fourth-order valence-corrected chi connectivity index (χ4v) is 4.72. The summed E-state index contributed by atoms with van der Waals surface area (Å²) < 4.78 is 19.0. The molecule has 7 nitrogen and oxygen atoms in total. The third-order valence-corrected chi connectivity index (χ3v) is 6.69. The average molecular weight is 426 g/mol. The van der Waals surface area contributed by atoms with E-state index in [2.05, 4.69) is 10.1 Å². The third-order valence-electron chi connectivity index (χ3n) is 6.69. The lowest BCUT2D eigenvalue weighted by atomic mass is 9.92. The minimum absolute atomic E-state index is 0.0101. The van der Waals surface area contributed by atoms with Crippen molar-refractivity contribution >= 4 is 11.8 Å². The standard InChI is InChI=1S/C23H27FN4O3/c24-19-5-1-3-17(13-19)20-25-21(31-26-20)18-4-2-10-28(14-18)23(30)16-8-11-27(12-9-16)22(29)15-6-7-15/h1,3,5,13,15-16,18H,2,4,6-12,14H2. The molecule has 0 radical (unpaired) electrons. The zero-order chi connectivity index (χ0) is 21.4. The summed E-state index contributed by atoms with van der Waals surface area (Å²) in [7, 11) is 0. The summed E-state index contributed by atoms with van der Waals surface area (Å²) in [6.45, 7) is 2.67. The van der Waals surface area contributed by atoms with Crippen LogP contribution >= 0.6 is 0 Å². The SMILES string of the molecule is O=C(C1CC1)N1CCC(C(=O)N2CCCC(c3nc(-c4cccc(F)c4)no3)C2)CC1. The highest BCUT2D eigenvalue weighted by Crippen LogP contribution is 2.33. The summed E-state index contributed by atoms with van der Waals surface area (Å²) in [5.74, 6) is 1.18. The quantitative estimate of drug-likeness (QED) is 0.750. The van der Waals surface area contributed by atoms with Gasteiger partial charge in [-0.15, -0.1) is 0 Å². The van der Waals surface area contributed by atoms with Crippen LogP contribution < -0.4 is 0 Å². The van der Waals surface area contributed by atoms with Crippen LogP contribution in [0.4, 0.5) is 4.39 Å². The van der Waals surface area contributed by atoms with Gasteiger partial charge in [-0.1, -0.05) is 17.3 Å². The highest BCUT2D eigenvalue weighted by Gasteiger charge is 2.38. The zero-order valence-corrected chi connectivity index (χ0v) is 17.5. The average Bonchev–Trinajstić information content (AvgIpc) is 3.54. The molecule has 1 aromatic heterocycles. The summed E-state index contributed by atoms with van der Waals surface area (Å²) in [6, 6.07) is 6.12. The number of amides is 2. The second-order valence-electron chi connectivity index (χ2n) is 8.96. The first-order valence-corrected chi connectivity index (χ1v) is 11.3. The number of hydrogen-bond donors (Lipinski definition) is 0. The molecule has 0 bridgehead atoms. The molecule has 31 heavy (non-hydrogen) atoms. The number of benzene rings is 1. The van der Waals surface area contributed by atoms with Crippen molar-refractivity contribution in [3.8, 4) is 11.4 Å². The Labute approximate surface area is 180 Å². The van der Waals surface area contributed by atoms with E-state index in [0.717, 1.165) is 45.1 Å². The van der Waals surface area contributed by atoms with Crippen molar-refractivity contribution in [2.24, 2.45) is 11.8 Å². The molecule has 3 heterocycles. The molecule has 1 aromatic carbocycles. The first-order chi connectivity index (χ1) is 15.1. The van der Waals surface area contributed by atoms with Gasteiger partial charge in [0, 0.05) is 43.6 Å². The predicted octanol–water partition coefficient (Wildman–Crippen LogP) is 3.23. The van der Waals surface area contributed by atoms with E-state index in [0.29, 0.717) is 36.9 Å². The van der Waals surface area contributed by atoms with Crippen molar-refractivity contribution in [1.82, 2.24) is 19.9 Å². The summed E-state index contributed by atoms with van der Waals surface area (Å²) in [4.78, 5) is 33.7. The number of carbonyl (C=O) groups excluding carboxylic acids is 2. The number of carbonyl (C=O) groups is 2. The molecule has 5 rings (SSSR count). The van der Waals surface area contributed by atoms with E-state index in [1.54, 1.807) is 12.1 Å². The molecule has 1 atom stereocenters. The van der Waals surface area contributed by atoms with Crippen LogP contribution in [0.1, 0.15) is 50.3 Å². The first-order valence-electron chi connectivity index (χ1n) is 11.3. The Morgan fingerprint density at radius 1 is 0.968 bits per heavy atom. The summed E-state index contributed by atoms with van der Waals surface area (Å²) in [6.07, 6.45) is 5.27. The van der Waals surface area contributed by atoms with Crippen molar-refractivity contribution in [2.75, 3.05) is 26.2 Å². The third kappa shape index (κ3) is 4.34. The van der Waals surface area contributed by atoms with Gasteiger partial charge in [0.2, 0.25) is 23.5 Å². The van der Waals surface area contributed by atoms with Crippen LogP contribution in [-0.2, 0) is 9.59 Å². The minimum atomic E-state index is -0.344. The zero-order valence-electron chi connectivity index (χ0n) is 17.5. The van der Waals surface area contributed by atoms with Gasteiger partial charge in [0.1, 0.15) is 5.82 Å². The normalized spacial score (nSPS) is 22.5. The van der Waals surface area contributed by atoms with Crippen LogP contribution in [0.5, 0.6) is 0 Å². The van der Waals surface area contributed by atoms with Crippen molar-refractivity contribution in [3.63, 3.8) is 0 Å². The molecule has 8 heteroatoms. The molecular formula is C23H27FN4O3. The molecule has 3 fully saturated rings. The van der Waals surface area contributed by atoms with Gasteiger partial charge in [0.15, 0.2) is 0 Å². The topological polar surface area (TPSA) is 79.5 Å². The van der Waals surface area contributed by atoms with Gasteiger partial charge >= 0.3 is 0 Å². The predicted molar refractivity (Wildman–Crippen MR) is 110 cm³/mol. The highest BCUT2D eigenvalue weighted by molar-refractivity contribution is 5.82. The number of aromatic nitrogens is 2. The summed E-state index contributed by atoms with van der Waals surface area (Å²) in [5.41, 5.74) is 0.575. The summed E-state index contributed by atoms with van der Waals surface area (Å²) in [5, 5.41) is 4.01. The van der Waals surface area contributed by atoms with Crippen LogP contribution in [0, 0.1) is 17.7 Å². The number of halogens is 1. The molecule has 0 spiro atoms. The van der Waals surface area contributed by atoms with Crippen molar-refractivity contribution in [2.45, 2.75) is 44.4 Å². The molecule has 2 aromatic rings. The lowest BCUT2D eigenvalue weighted by Crippen LogP contribution is -2.47. The van der Waals surface area contributed by atoms with Crippen molar-refractivity contribution in [1.29, 1.82) is 0 Å². The smallest absolute Gasteiger partial charge is 0.231 e. The van der Waals surface area contributed by atoms with Crippen LogP contribution in [-0.4, -0.2) is 57.9 Å². The van der Waals surface area contributed by atoms with E-state index in [1.807, 2.05) is 9.80 Å². The maximum Gasteiger partial charge on any atom is 0.231 e. The minimum Gasteiger partial charge on any atom is -0.342 e. The van der Waals surface area contributed by atoms with Gasteiger partial charge in [0.05, 0.1) is 5.92 Å². The summed E-state index contributed by atoms with van der Waals surface area (Å²) >= 11 is 0.